The van der Waals surface area contributed by atoms with Gasteiger partial charge < -0.3 is 14.8 Å². The van der Waals surface area contributed by atoms with Crippen LogP contribution in [0.15, 0.2) is 75.2 Å². The third-order valence-electron chi connectivity index (χ3n) is 4.29. The Morgan fingerprint density at radius 2 is 2.00 bits per heavy atom. The van der Waals surface area contributed by atoms with E-state index in [9.17, 15) is 14.4 Å². The number of hydrogen-bond acceptors (Lipinski definition) is 7. The van der Waals surface area contributed by atoms with E-state index in [1.807, 2.05) is 18.2 Å². The number of Topliss-reactive ketones (excluding diaryl/α,β-unsaturated/α-hetero) is 1. The van der Waals surface area contributed by atoms with Crippen LogP contribution in [0.25, 0.3) is 0 Å². The summed E-state index contributed by atoms with van der Waals surface area (Å²) < 4.78 is 11.4. The van der Waals surface area contributed by atoms with E-state index in [-0.39, 0.29) is 12.5 Å². The highest BCUT2D eigenvalue weighted by atomic mass is 79.9. The molecule has 1 aromatic heterocycles. The number of anilines is 1. The second-order valence-corrected chi connectivity index (χ2v) is 8.44. The van der Waals surface area contributed by atoms with Gasteiger partial charge >= 0.3 is 5.97 Å². The minimum absolute atomic E-state index is 0.0644. The minimum atomic E-state index is -0.608. The molecule has 0 saturated carbocycles. The Morgan fingerprint density at radius 1 is 1.16 bits per heavy atom. The number of pyridine rings is 1. The number of ketones is 1. The van der Waals surface area contributed by atoms with Gasteiger partial charge in [-0.15, -0.1) is 0 Å². The summed E-state index contributed by atoms with van der Waals surface area (Å²) in [6, 6.07) is 15.3. The van der Waals surface area contributed by atoms with Gasteiger partial charge in [0.2, 0.25) is 0 Å². The number of carbonyl (C=O) groups is 3. The molecule has 0 fully saturated rings. The number of hydrogen-bond donors (Lipinski definition) is 1. The molecule has 0 saturated heterocycles. The molecule has 31 heavy (non-hydrogen) atoms. The summed E-state index contributed by atoms with van der Waals surface area (Å²) in [6.07, 6.45) is 1.67. The number of nitrogens with zero attached hydrogens (tertiary/aromatic N) is 1. The van der Waals surface area contributed by atoms with Crippen molar-refractivity contribution < 1.29 is 23.9 Å². The molecule has 4 rings (SSSR count). The highest BCUT2D eigenvalue weighted by molar-refractivity contribution is 9.10. The maximum atomic E-state index is 12.6. The zero-order valence-electron chi connectivity index (χ0n) is 16.0. The van der Waals surface area contributed by atoms with Crippen LogP contribution < -0.4 is 10.1 Å². The molecular formula is C22H15BrN2O5S. The van der Waals surface area contributed by atoms with Gasteiger partial charge in [-0.3, -0.25) is 9.59 Å². The summed E-state index contributed by atoms with van der Waals surface area (Å²) >= 11 is 4.67. The molecule has 1 aliphatic heterocycles. The molecule has 2 aromatic carbocycles. The maximum absolute atomic E-state index is 12.6. The van der Waals surface area contributed by atoms with Crippen molar-refractivity contribution in [2.24, 2.45) is 0 Å². The molecule has 0 atom stereocenters. The molecule has 1 amide bonds. The Kier molecular flexibility index (Phi) is 6.34. The summed E-state index contributed by atoms with van der Waals surface area (Å²) in [6.45, 7) is -0.493. The van der Waals surface area contributed by atoms with Gasteiger partial charge in [0.15, 0.2) is 19.0 Å². The van der Waals surface area contributed by atoms with Crippen molar-refractivity contribution in [2.45, 2.75) is 9.92 Å². The molecule has 2 heterocycles. The third-order valence-corrected chi connectivity index (χ3v) is 5.79. The average molecular weight is 499 g/mol. The first-order chi connectivity index (χ1) is 15.0. The lowest BCUT2D eigenvalue weighted by molar-refractivity contribution is -0.118. The fourth-order valence-electron chi connectivity index (χ4n) is 2.81. The van der Waals surface area contributed by atoms with Gasteiger partial charge in [-0.05, 0) is 58.4 Å². The van der Waals surface area contributed by atoms with E-state index in [2.05, 4.69) is 26.2 Å². The van der Waals surface area contributed by atoms with Crippen molar-refractivity contribution in [3.63, 3.8) is 0 Å². The van der Waals surface area contributed by atoms with Crippen LogP contribution in [0.3, 0.4) is 0 Å². The topological polar surface area (TPSA) is 94.6 Å². The number of carbonyl (C=O) groups excluding carboxylic acids is 3. The molecule has 0 unspecified atom stereocenters. The fraction of sp³-hybridized carbons (Fsp3) is 0.0909. The summed E-state index contributed by atoms with van der Waals surface area (Å²) in [5.74, 6) is -0.808. The molecule has 7 nitrogen and oxygen atoms in total. The molecule has 1 aliphatic rings. The van der Waals surface area contributed by atoms with Crippen LogP contribution in [0.1, 0.15) is 20.7 Å². The molecular weight excluding hydrogens is 484 g/mol. The number of benzene rings is 2. The highest BCUT2D eigenvalue weighted by Crippen LogP contribution is 2.31. The first-order valence-electron chi connectivity index (χ1n) is 9.15. The predicted octanol–water partition coefficient (Wildman–Crippen LogP) is 4.37. The second kappa shape index (κ2) is 9.32. The van der Waals surface area contributed by atoms with Crippen LogP contribution in [0.5, 0.6) is 5.75 Å². The number of rotatable bonds is 6. The maximum Gasteiger partial charge on any atom is 0.339 e. The molecule has 0 radical (unpaired) electrons. The average Bonchev–Trinajstić information content (AvgIpc) is 2.78. The number of fused-ring (bicyclic) bond motifs is 1. The summed E-state index contributed by atoms with van der Waals surface area (Å²) in [7, 11) is 0. The summed E-state index contributed by atoms with van der Waals surface area (Å²) in [5.41, 5.74) is 1.06. The molecule has 0 aliphatic carbocycles. The number of halogens is 1. The monoisotopic (exact) mass is 498 g/mol. The molecule has 3 aromatic rings. The van der Waals surface area contributed by atoms with Crippen LogP contribution in [-0.2, 0) is 9.53 Å². The lowest BCUT2D eigenvalue weighted by atomic mass is 10.1. The lowest BCUT2D eigenvalue weighted by Crippen LogP contribution is -2.25. The summed E-state index contributed by atoms with van der Waals surface area (Å²) in [4.78, 5) is 41.6. The van der Waals surface area contributed by atoms with Crippen molar-refractivity contribution in [2.75, 3.05) is 18.5 Å². The van der Waals surface area contributed by atoms with Crippen LogP contribution in [0.2, 0.25) is 0 Å². The van der Waals surface area contributed by atoms with E-state index >= 15 is 0 Å². The number of amides is 1. The minimum Gasteiger partial charge on any atom is -0.482 e. The molecule has 156 valence electrons. The predicted molar refractivity (Wildman–Crippen MR) is 118 cm³/mol. The normalized spacial score (nSPS) is 12.4. The van der Waals surface area contributed by atoms with Gasteiger partial charge in [-0.2, -0.15) is 0 Å². The van der Waals surface area contributed by atoms with Crippen LogP contribution >= 0.6 is 27.7 Å². The van der Waals surface area contributed by atoms with Crippen molar-refractivity contribution in [3.05, 3.63) is 76.4 Å². The number of ether oxygens (including phenoxy) is 2. The molecule has 0 spiro atoms. The van der Waals surface area contributed by atoms with Gasteiger partial charge in [0.25, 0.3) is 5.91 Å². The molecule has 9 heteroatoms. The van der Waals surface area contributed by atoms with Crippen molar-refractivity contribution in [3.8, 4) is 5.75 Å². The fourth-order valence-corrected chi connectivity index (χ4v) is 3.92. The largest absolute Gasteiger partial charge is 0.482 e. The zero-order valence-corrected chi connectivity index (χ0v) is 18.4. The Morgan fingerprint density at radius 3 is 2.81 bits per heavy atom. The number of aromatic nitrogens is 1. The smallest absolute Gasteiger partial charge is 0.339 e. The van der Waals surface area contributed by atoms with Crippen LogP contribution in [-0.4, -0.2) is 35.9 Å². The molecule has 0 bridgehead atoms. The third kappa shape index (κ3) is 5.12. The Balaban J connectivity index is 1.43. The van der Waals surface area contributed by atoms with E-state index in [4.69, 9.17) is 9.47 Å². The van der Waals surface area contributed by atoms with Crippen LogP contribution in [0, 0.1) is 0 Å². The van der Waals surface area contributed by atoms with Gasteiger partial charge in [-0.25, -0.2) is 9.78 Å². The number of esters is 1. The van der Waals surface area contributed by atoms with E-state index in [1.165, 1.54) is 17.8 Å². The van der Waals surface area contributed by atoms with E-state index in [0.717, 1.165) is 9.50 Å². The van der Waals surface area contributed by atoms with Gasteiger partial charge in [0.05, 0.1) is 11.3 Å². The Bertz CT molecular complexity index is 1170. The Labute approximate surface area is 190 Å². The van der Waals surface area contributed by atoms with Crippen LogP contribution in [0.4, 0.5) is 5.69 Å². The quantitative estimate of drug-likeness (QED) is 0.398. The van der Waals surface area contributed by atoms with E-state index in [0.29, 0.717) is 27.5 Å². The summed E-state index contributed by atoms with van der Waals surface area (Å²) in [5, 5.41) is 3.36. The van der Waals surface area contributed by atoms with Crippen molar-refractivity contribution >= 4 is 51.0 Å². The molecule has 1 N–H and O–H groups in total. The van der Waals surface area contributed by atoms with E-state index < -0.39 is 18.4 Å². The van der Waals surface area contributed by atoms with Crippen molar-refractivity contribution in [1.29, 1.82) is 0 Å². The van der Waals surface area contributed by atoms with E-state index in [1.54, 1.807) is 36.5 Å². The Hall–Kier alpha value is -3.17. The van der Waals surface area contributed by atoms with Gasteiger partial charge in [0, 0.05) is 21.1 Å². The first kappa shape index (κ1) is 21.1. The number of nitrogens with one attached hydrogen (secondary N) is 1. The first-order valence-corrected chi connectivity index (χ1v) is 10.8. The SMILES string of the molecule is O=C1COc2ccc(C(=O)COC(=O)c3ccccc3Sc3ccc(Br)cn3)cc2N1. The lowest BCUT2D eigenvalue weighted by Gasteiger charge is -2.18. The highest BCUT2D eigenvalue weighted by Gasteiger charge is 2.20. The second-order valence-electron chi connectivity index (χ2n) is 6.46. The van der Waals surface area contributed by atoms with Crippen molar-refractivity contribution in [1.82, 2.24) is 4.98 Å². The zero-order chi connectivity index (χ0) is 21.8. The standard InChI is InChI=1S/C22H15BrN2O5S/c23-14-6-8-21(24-10-14)31-19-4-2-1-3-15(19)22(28)30-11-17(26)13-5-7-18-16(9-13)25-20(27)12-29-18/h1-10H,11-12H2,(H,25,27). The van der Waals surface area contributed by atoms with Gasteiger partial charge in [0.1, 0.15) is 10.8 Å². The van der Waals surface area contributed by atoms with Gasteiger partial charge in [-0.1, -0.05) is 23.9 Å².